The molecule has 1 aromatic carbocycles. The van der Waals surface area contributed by atoms with E-state index >= 15 is 0 Å². The van der Waals surface area contributed by atoms with Gasteiger partial charge in [0.15, 0.2) is 5.43 Å². The first kappa shape index (κ1) is 12.2. The Labute approximate surface area is 108 Å². The number of aryl methyl sites for hydroxylation is 1. The SMILES string of the molecule is O=c1c2c(oc3cc(CO)cc(O)c13)CCC(O)C2. The number of hydrogen-bond acceptors (Lipinski definition) is 5. The van der Waals surface area contributed by atoms with Gasteiger partial charge < -0.3 is 19.7 Å². The van der Waals surface area contributed by atoms with Crippen molar-refractivity contribution in [1.29, 1.82) is 0 Å². The third kappa shape index (κ3) is 1.91. The summed E-state index contributed by atoms with van der Waals surface area (Å²) in [4.78, 5) is 12.3. The lowest BCUT2D eigenvalue weighted by atomic mass is 9.93. The second-order valence-corrected chi connectivity index (χ2v) is 4.88. The molecular formula is C14H14O5. The maximum atomic E-state index is 12.3. The predicted octanol–water partition coefficient (Wildman–Crippen LogP) is 0.840. The van der Waals surface area contributed by atoms with Crippen molar-refractivity contribution in [3.05, 3.63) is 39.2 Å². The molecule has 0 radical (unpaired) electrons. The van der Waals surface area contributed by atoms with Crippen LogP contribution in [0.4, 0.5) is 0 Å². The highest BCUT2D eigenvalue weighted by molar-refractivity contribution is 5.84. The van der Waals surface area contributed by atoms with Gasteiger partial charge in [0.25, 0.3) is 0 Å². The first-order valence-electron chi connectivity index (χ1n) is 6.19. The molecule has 1 unspecified atom stereocenters. The fourth-order valence-electron chi connectivity index (χ4n) is 2.57. The molecule has 0 saturated heterocycles. The lowest BCUT2D eigenvalue weighted by Gasteiger charge is -2.19. The molecule has 1 atom stereocenters. The third-order valence-corrected chi connectivity index (χ3v) is 3.54. The molecule has 0 bridgehead atoms. The molecule has 5 heteroatoms. The molecule has 0 aliphatic heterocycles. The summed E-state index contributed by atoms with van der Waals surface area (Å²) in [5, 5.41) is 28.7. The normalized spacial score (nSPS) is 18.5. The van der Waals surface area contributed by atoms with Gasteiger partial charge >= 0.3 is 0 Å². The molecule has 3 N–H and O–H groups in total. The van der Waals surface area contributed by atoms with Crippen LogP contribution in [0, 0.1) is 0 Å². The summed E-state index contributed by atoms with van der Waals surface area (Å²) in [7, 11) is 0. The van der Waals surface area contributed by atoms with E-state index in [9.17, 15) is 15.0 Å². The van der Waals surface area contributed by atoms with Gasteiger partial charge in [-0.2, -0.15) is 0 Å². The van der Waals surface area contributed by atoms with E-state index in [4.69, 9.17) is 9.52 Å². The zero-order valence-electron chi connectivity index (χ0n) is 10.2. The first-order valence-corrected chi connectivity index (χ1v) is 6.19. The van der Waals surface area contributed by atoms with Crippen molar-refractivity contribution in [3.8, 4) is 5.75 Å². The van der Waals surface area contributed by atoms with Crippen molar-refractivity contribution in [3.63, 3.8) is 0 Å². The highest BCUT2D eigenvalue weighted by Gasteiger charge is 2.24. The van der Waals surface area contributed by atoms with E-state index in [0.29, 0.717) is 29.7 Å². The van der Waals surface area contributed by atoms with Crippen molar-refractivity contribution >= 4 is 11.0 Å². The van der Waals surface area contributed by atoms with E-state index in [1.807, 2.05) is 0 Å². The standard InChI is InChI=1S/C14H14O5/c15-6-7-3-10(17)13-12(4-7)19-11-2-1-8(16)5-9(11)14(13)18/h3-4,8,15-17H,1-2,5-6H2. The minimum atomic E-state index is -0.535. The van der Waals surface area contributed by atoms with E-state index in [1.54, 1.807) is 6.07 Å². The predicted molar refractivity (Wildman–Crippen MR) is 68.1 cm³/mol. The van der Waals surface area contributed by atoms with Crippen molar-refractivity contribution in [1.82, 2.24) is 0 Å². The minimum Gasteiger partial charge on any atom is -0.507 e. The van der Waals surface area contributed by atoms with Crippen molar-refractivity contribution in [2.45, 2.75) is 32.0 Å². The average molecular weight is 262 g/mol. The summed E-state index contributed by atoms with van der Waals surface area (Å²) in [6.07, 6.45) is 0.792. The first-order chi connectivity index (χ1) is 9.10. The number of hydrogen-bond donors (Lipinski definition) is 3. The van der Waals surface area contributed by atoms with Gasteiger partial charge in [-0.15, -0.1) is 0 Å². The fourth-order valence-corrected chi connectivity index (χ4v) is 2.57. The van der Waals surface area contributed by atoms with Crippen LogP contribution in [0.5, 0.6) is 5.75 Å². The second kappa shape index (κ2) is 4.36. The Balaban J connectivity index is 2.33. The molecule has 0 spiro atoms. The number of fused-ring (bicyclic) bond motifs is 2. The highest BCUT2D eigenvalue weighted by atomic mass is 16.3. The second-order valence-electron chi connectivity index (χ2n) is 4.88. The molecule has 0 amide bonds. The molecular weight excluding hydrogens is 248 g/mol. The maximum absolute atomic E-state index is 12.3. The Morgan fingerprint density at radius 3 is 2.89 bits per heavy atom. The van der Waals surface area contributed by atoms with Crippen LogP contribution in [0.25, 0.3) is 11.0 Å². The number of phenols is 1. The molecule has 1 heterocycles. The van der Waals surface area contributed by atoms with Gasteiger partial charge in [-0.3, -0.25) is 4.79 Å². The smallest absolute Gasteiger partial charge is 0.199 e. The Morgan fingerprint density at radius 2 is 2.16 bits per heavy atom. The number of benzene rings is 1. The third-order valence-electron chi connectivity index (χ3n) is 3.54. The van der Waals surface area contributed by atoms with Crippen molar-refractivity contribution in [2.24, 2.45) is 0 Å². The summed E-state index contributed by atoms with van der Waals surface area (Å²) in [6.45, 7) is -0.233. The van der Waals surface area contributed by atoms with Gasteiger partial charge in [-0.05, 0) is 24.1 Å². The van der Waals surface area contributed by atoms with E-state index in [-0.39, 0.29) is 35.2 Å². The van der Waals surface area contributed by atoms with Crippen LogP contribution in [0.3, 0.4) is 0 Å². The largest absolute Gasteiger partial charge is 0.507 e. The van der Waals surface area contributed by atoms with Crippen molar-refractivity contribution in [2.75, 3.05) is 0 Å². The molecule has 5 nitrogen and oxygen atoms in total. The van der Waals surface area contributed by atoms with Crippen LogP contribution < -0.4 is 5.43 Å². The van der Waals surface area contributed by atoms with E-state index in [2.05, 4.69) is 0 Å². The summed E-state index contributed by atoms with van der Waals surface area (Å²) < 4.78 is 5.65. The zero-order chi connectivity index (χ0) is 13.6. The van der Waals surface area contributed by atoms with Gasteiger partial charge in [-0.25, -0.2) is 0 Å². The van der Waals surface area contributed by atoms with Crippen LogP contribution in [-0.4, -0.2) is 21.4 Å². The molecule has 1 aliphatic rings. The molecule has 100 valence electrons. The lowest BCUT2D eigenvalue weighted by molar-refractivity contribution is 0.153. The Morgan fingerprint density at radius 1 is 1.37 bits per heavy atom. The van der Waals surface area contributed by atoms with E-state index < -0.39 is 6.10 Å². The molecule has 19 heavy (non-hydrogen) atoms. The molecule has 0 saturated carbocycles. The van der Waals surface area contributed by atoms with Crippen LogP contribution in [-0.2, 0) is 19.4 Å². The molecule has 0 fully saturated rings. The molecule has 1 aliphatic carbocycles. The van der Waals surface area contributed by atoms with Gasteiger partial charge in [-0.1, -0.05) is 0 Å². The number of aliphatic hydroxyl groups is 2. The molecule has 2 aromatic rings. The van der Waals surface area contributed by atoms with Gasteiger partial charge in [0.05, 0.1) is 12.7 Å². The number of rotatable bonds is 1. The highest BCUT2D eigenvalue weighted by Crippen LogP contribution is 2.29. The summed E-state index contributed by atoms with van der Waals surface area (Å²) >= 11 is 0. The van der Waals surface area contributed by atoms with Gasteiger partial charge in [0.1, 0.15) is 22.5 Å². The quantitative estimate of drug-likeness (QED) is 0.708. The van der Waals surface area contributed by atoms with Crippen LogP contribution in [0.2, 0.25) is 0 Å². The topological polar surface area (TPSA) is 90.9 Å². The maximum Gasteiger partial charge on any atom is 0.199 e. The van der Waals surface area contributed by atoms with E-state index in [0.717, 1.165) is 0 Å². The fraction of sp³-hybridized carbons (Fsp3) is 0.357. The summed E-state index contributed by atoms with van der Waals surface area (Å²) in [5.74, 6) is 0.371. The Hall–Kier alpha value is -1.85. The van der Waals surface area contributed by atoms with Crippen molar-refractivity contribution < 1.29 is 19.7 Å². The summed E-state index contributed by atoms with van der Waals surface area (Å²) in [6, 6.07) is 2.91. The number of aliphatic hydroxyl groups excluding tert-OH is 2. The van der Waals surface area contributed by atoms with Crippen LogP contribution in [0.15, 0.2) is 21.3 Å². The number of aromatic hydroxyl groups is 1. The van der Waals surface area contributed by atoms with Gasteiger partial charge in [0.2, 0.25) is 0 Å². The molecule has 3 rings (SSSR count). The monoisotopic (exact) mass is 262 g/mol. The van der Waals surface area contributed by atoms with Crippen LogP contribution in [0.1, 0.15) is 23.3 Å². The zero-order valence-corrected chi connectivity index (χ0v) is 10.2. The Bertz CT molecular complexity index is 701. The summed E-state index contributed by atoms with van der Waals surface area (Å²) in [5.41, 5.74) is 0.920. The van der Waals surface area contributed by atoms with Gasteiger partial charge in [0, 0.05) is 18.4 Å². The molecule has 1 aromatic heterocycles. The van der Waals surface area contributed by atoms with Crippen LogP contribution >= 0.6 is 0 Å². The minimum absolute atomic E-state index is 0.116. The Kier molecular flexibility index (Phi) is 2.80. The van der Waals surface area contributed by atoms with E-state index in [1.165, 1.54) is 6.07 Å². The number of phenolic OH excluding ortho intramolecular Hbond substituents is 1. The lowest BCUT2D eigenvalue weighted by Crippen LogP contribution is -2.25. The average Bonchev–Trinajstić information content (AvgIpc) is 2.39.